The van der Waals surface area contributed by atoms with Crippen molar-refractivity contribution in [3.05, 3.63) is 22.3 Å². The third-order valence-corrected chi connectivity index (χ3v) is 5.24. The van der Waals surface area contributed by atoms with Crippen LogP contribution in [0.4, 0.5) is 5.82 Å². The molecule has 2 heterocycles. The van der Waals surface area contributed by atoms with Gasteiger partial charge >= 0.3 is 0 Å². The number of aryl methyl sites for hydroxylation is 1. The van der Waals surface area contributed by atoms with Crippen LogP contribution in [0.5, 0.6) is 0 Å². The van der Waals surface area contributed by atoms with Crippen molar-refractivity contribution in [2.75, 3.05) is 11.9 Å². The first-order valence-corrected chi connectivity index (χ1v) is 7.99. The van der Waals surface area contributed by atoms with Crippen molar-refractivity contribution < 1.29 is 4.74 Å². The molecule has 1 saturated carbocycles. The Bertz CT molecular complexity index is 457. The summed E-state index contributed by atoms with van der Waals surface area (Å²) in [7, 11) is 0. The van der Waals surface area contributed by atoms with Crippen molar-refractivity contribution in [1.29, 1.82) is 0 Å². The standard InChI is InChI=1S/C15H21BrN2O/c1-11-8-14(17-10-13(11)16)18-12-4-7-19-15(9-12)5-2-3-6-15/h8,10,12H,2-7,9H2,1H3,(H,17,18). The van der Waals surface area contributed by atoms with Crippen molar-refractivity contribution in [3.8, 4) is 0 Å². The predicted molar refractivity (Wildman–Crippen MR) is 80.5 cm³/mol. The number of hydrogen-bond acceptors (Lipinski definition) is 3. The van der Waals surface area contributed by atoms with Crippen molar-refractivity contribution in [2.24, 2.45) is 0 Å². The first kappa shape index (κ1) is 13.4. The van der Waals surface area contributed by atoms with Crippen molar-refractivity contribution in [1.82, 2.24) is 4.98 Å². The molecule has 0 bridgehead atoms. The maximum Gasteiger partial charge on any atom is 0.126 e. The second-order valence-electron chi connectivity index (χ2n) is 5.89. The molecule has 2 fully saturated rings. The molecular weight excluding hydrogens is 304 g/mol. The number of aromatic nitrogens is 1. The molecule has 1 atom stereocenters. The fraction of sp³-hybridized carbons (Fsp3) is 0.667. The number of nitrogens with one attached hydrogen (secondary N) is 1. The molecule has 1 saturated heterocycles. The second kappa shape index (κ2) is 5.41. The Morgan fingerprint density at radius 3 is 2.95 bits per heavy atom. The monoisotopic (exact) mass is 324 g/mol. The molecule has 1 aromatic heterocycles. The van der Waals surface area contributed by atoms with E-state index in [9.17, 15) is 0 Å². The normalized spacial score (nSPS) is 25.7. The summed E-state index contributed by atoms with van der Waals surface area (Å²) >= 11 is 3.49. The predicted octanol–water partition coefficient (Wildman–Crippen LogP) is 4.06. The summed E-state index contributed by atoms with van der Waals surface area (Å²) in [6.07, 6.45) is 9.20. The van der Waals surface area contributed by atoms with Crippen LogP contribution in [-0.2, 0) is 4.74 Å². The van der Waals surface area contributed by atoms with Gasteiger partial charge in [-0.25, -0.2) is 4.98 Å². The topological polar surface area (TPSA) is 34.1 Å². The third kappa shape index (κ3) is 2.95. The number of rotatable bonds is 2. The highest BCUT2D eigenvalue weighted by atomic mass is 79.9. The van der Waals surface area contributed by atoms with Gasteiger partial charge in [0, 0.05) is 23.3 Å². The molecule has 1 N–H and O–H groups in total. The van der Waals surface area contributed by atoms with E-state index in [0.717, 1.165) is 29.7 Å². The van der Waals surface area contributed by atoms with Crippen LogP contribution in [0.15, 0.2) is 16.7 Å². The smallest absolute Gasteiger partial charge is 0.126 e. The summed E-state index contributed by atoms with van der Waals surface area (Å²) in [6.45, 7) is 2.98. The van der Waals surface area contributed by atoms with Gasteiger partial charge in [-0.1, -0.05) is 12.8 Å². The Balaban J connectivity index is 1.67. The lowest BCUT2D eigenvalue weighted by atomic mass is 9.89. The molecule has 3 nitrogen and oxygen atoms in total. The lowest BCUT2D eigenvalue weighted by Crippen LogP contribution is -2.42. The Kier molecular flexibility index (Phi) is 3.81. The lowest BCUT2D eigenvalue weighted by molar-refractivity contribution is -0.0767. The summed E-state index contributed by atoms with van der Waals surface area (Å²) in [4.78, 5) is 4.45. The minimum absolute atomic E-state index is 0.167. The maximum atomic E-state index is 6.07. The van der Waals surface area contributed by atoms with Crippen LogP contribution in [0, 0.1) is 6.92 Å². The highest BCUT2D eigenvalue weighted by molar-refractivity contribution is 9.10. The molecular formula is C15H21BrN2O. The van der Waals surface area contributed by atoms with Crippen molar-refractivity contribution in [3.63, 3.8) is 0 Å². The molecule has 0 aromatic carbocycles. The zero-order valence-corrected chi connectivity index (χ0v) is 13.0. The highest BCUT2D eigenvalue weighted by Gasteiger charge is 2.39. The molecule has 2 aliphatic rings. The van der Waals surface area contributed by atoms with Gasteiger partial charge in [0.2, 0.25) is 0 Å². The number of nitrogens with zero attached hydrogens (tertiary/aromatic N) is 1. The Morgan fingerprint density at radius 1 is 1.42 bits per heavy atom. The van der Waals surface area contributed by atoms with Crippen LogP contribution >= 0.6 is 15.9 Å². The molecule has 0 amide bonds. The summed E-state index contributed by atoms with van der Waals surface area (Å²) in [5.74, 6) is 0.987. The van der Waals surface area contributed by atoms with Crippen LogP contribution < -0.4 is 5.32 Å². The van der Waals surface area contributed by atoms with Gasteiger partial charge in [0.25, 0.3) is 0 Å². The van der Waals surface area contributed by atoms with Crippen molar-refractivity contribution >= 4 is 21.7 Å². The zero-order chi connectivity index (χ0) is 13.3. The van der Waals surface area contributed by atoms with E-state index in [0.29, 0.717) is 6.04 Å². The summed E-state index contributed by atoms with van der Waals surface area (Å²) in [5.41, 5.74) is 1.39. The van der Waals surface area contributed by atoms with E-state index < -0.39 is 0 Å². The number of halogens is 1. The van der Waals surface area contributed by atoms with Gasteiger partial charge in [0.1, 0.15) is 5.82 Å². The van der Waals surface area contributed by atoms with Gasteiger partial charge in [-0.2, -0.15) is 0 Å². The Morgan fingerprint density at radius 2 is 2.21 bits per heavy atom. The fourth-order valence-corrected chi connectivity index (χ4v) is 3.56. The average molecular weight is 325 g/mol. The van der Waals surface area contributed by atoms with Gasteiger partial charge < -0.3 is 10.1 Å². The summed E-state index contributed by atoms with van der Waals surface area (Å²) in [6, 6.07) is 2.61. The van der Waals surface area contributed by atoms with Gasteiger partial charge in [0.05, 0.1) is 5.60 Å². The van der Waals surface area contributed by atoms with Crippen LogP contribution in [0.25, 0.3) is 0 Å². The quantitative estimate of drug-likeness (QED) is 0.890. The van der Waals surface area contributed by atoms with Gasteiger partial charge in [-0.05, 0) is 60.2 Å². The van der Waals surface area contributed by atoms with Gasteiger partial charge in [-0.3, -0.25) is 0 Å². The molecule has 1 unspecified atom stereocenters. The minimum atomic E-state index is 0.167. The number of hydrogen-bond donors (Lipinski definition) is 1. The SMILES string of the molecule is Cc1cc(NC2CCOC3(CCCC3)C2)ncc1Br. The zero-order valence-electron chi connectivity index (χ0n) is 11.4. The van der Waals surface area contributed by atoms with E-state index in [-0.39, 0.29) is 5.60 Å². The molecule has 0 radical (unpaired) electrons. The van der Waals surface area contributed by atoms with E-state index in [1.807, 2.05) is 6.20 Å². The molecule has 3 rings (SSSR count). The summed E-state index contributed by atoms with van der Waals surface area (Å²) in [5, 5.41) is 3.59. The first-order valence-electron chi connectivity index (χ1n) is 7.20. The number of ether oxygens (including phenoxy) is 1. The number of pyridine rings is 1. The van der Waals surface area contributed by atoms with Crippen LogP contribution in [0.2, 0.25) is 0 Å². The maximum absolute atomic E-state index is 6.07. The van der Waals surface area contributed by atoms with Crippen LogP contribution in [0.1, 0.15) is 44.1 Å². The highest BCUT2D eigenvalue weighted by Crippen LogP contribution is 2.40. The Hall–Kier alpha value is -0.610. The largest absolute Gasteiger partial charge is 0.375 e. The van der Waals surface area contributed by atoms with Gasteiger partial charge in [0.15, 0.2) is 0 Å². The number of anilines is 1. The third-order valence-electron chi connectivity index (χ3n) is 4.41. The van der Waals surface area contributed by atoms with Crippen molar-refractivity contribution in [2.45, 2.75) is 57.1 Å². The Labute approximate surface area is 123 Å². The van der Waals surface area contributed by atoms with Crippen LogP contribution in [0.3, 0.4) is 0 Å². The van der Waals surface area contributed by atoms with E-state index in [2.05, 4.69) is 39.2 Å². The van der Waals surface area contributed by atoms with E-state index >= 15 is 0 Å². The molecule has 1 aliphatic carbocycles. The summed E-state index contributed by atoms with van der Waals surface area (Å²) < 4.78 is 7.14. The molecule has 1 aromatic rings. The first-order chi connectivity index (χ1) is 9.17. The van der Waals surface area contributed by atoms with E-state index in [1.54, 1.807) is 0 Å². The van der Waals surface area contributed by atoms with Gasteiger partial charge in [-0.15, -0.1) is 0 Å². The molecule has 19 heavy (non-hydrogen) atoms. The molecule has 1 spiro atoms. The second-order valence-corrected chi connectivity index (χ2v) is 6.75. The lowest BCUT2D eigenvalue weighted by Gasteiger charge is -2.38. The van der Waals surface area contributed by atoms with Crippen LogP contribution in [-0.4, -0.2) is 23.2 Å². The molecule has 104 valence electrons. The molecule has 1 aliphatic heterocycles. The molecule has 4 heteroatoms. The fourth-order valence-electron chi connectivity index (χ4n) is 3.35. The van der Waals surface area contributed by atoms with E-state index in [4.69, 9.17) is 4.74 Å². The van der Waals surface area contributed by atoms with E-state index in [1.165, 1.54) is 31.2 Å². The minimum Gasteiger partial charge on any atom is -0.375 e. The average Bonchev–Trinajstić information content (AvgIpc) is 2.82.